The van der Waals surface area contributed by atoms with Gasteiger partial charge in [-0.15, -0.1) is 0 Å². The number of aryl methyl sites for hydroxylation is 1. The van der Waals surface area contributed by atoms with E-state index in [0.29, 0.717) is 0 Å². The van der Waals surface area contributed by atoms with Crippen LogP contribution < -0.4 is 0 Å². The Kier molecular flexibility index (Phi) is 4.16. The molecule has 0 aliphatic rings. The van der Waals surface area contributed by atoms with Crippen molar-refractivity contribution in [3.8, 4) is 27.4 Å². The number of rotatable bonds is 3. The van der Waals surface area contributed by atoms with Gasteiger partial charge >= 0.3 is 0 Å². The minimum atomic E-state index is 0.845. The van der Waals surface area contributed by atoms with E-state index in [9.17, 15) is 0 Å². The van der Waals surface area contributed by atoms with Crippen LogP contribution in [0.4, 0.5) is 0 Å². The van der Waals surface area contributed by atoms with Gasteiger partial charge in [-0.25, -0.2) is 14.6 Å². The quantitative estimate of drug-likeness (QED) is 0.289. The standard InChI is InChI=1S/C28H19N5S/c1-18-26(34-28-30-22-14-8-9-15-23(22)32(18)28)21-16-17-29-27-24(21)25(19-10-4-2-5-11-19)31-33(27)20-12-6-3-7-13-20/h2-17H,1H3. The van der Waals surface area contributed by atoms with Crippen LogP contribution in [0.1, 0.15) is 5.69 Å². The molecule has 3 aromatic carbocycles. The van der Waals surface area contributed by atoms with E-state index in [1.807, 2.05) is 41.2 Å². The van der Waals surface area contributed by atoms with Crippen LogP contribution in [0.3, 0.4) is 0 Å². The number of hydrogen-bond acceptors (Lipinski definition) is 4. The number of nitrogens with zero attached hydrogens (tertiary/aromatic N) is 5. The summed E-state index contributed by atoms with van der Waals surface area (Å²) in [6.07, 6.45) is 1.88. The molecule has 0 bridgehead atoms. The molecule has 34 heavy (non-hydrogen) atoms. The zero-order valence-electron chi connectivity index (χ0n) is 18.4. The summed E-state index contributed by atoms with van der Waals surface area (Å²) in [5.41, 5.74) is 8.28. The predicted octanol–water partition coefficient (Wildman–Crippen LogP) is 6.93. The van der Waals surface area contributed by atoms with Gasteiger partial charge in [0.15, 0.2) is 10.6 Å². The molecule has 0 spiro atoms. The van der Waals surface area contributed by atoms with Gasteiger partial charge in [0.2, 0.25) is 0 Å². The summed E-state index contributed by atoms with van der Waals surface area (Å²) >= 11 is 1.71. The predicted molar refractivity (Wildman–Crippen MR) is 139 cm³/mol. The fourth-order valence-corrected chi connectivity index (χ4v) is 5.86. The van der Waals surface area contributed by atoms with Gasteiger partial charge in [0.1, 0.15) is 5.69 Å². The summed E-state index contributed by atoms with van der Waals surface area (Å²) in [7, 11) is 0. The number of aromatic nitrogens is 5. The highest BCUT2D eigenvalue weighted by atomic mass is 32.1. The first-order valence-corrected chi connectivity index (χ1v) is 12.0. The molecule has 6 heteroatoms. The molecule has 0 radical (unpaired) electrons. The number of thiazole rings is 1. The van der Waals surface area contributed by atoms with Gasteiger partial charge < -0.3 is 0 Å². The van der Waals surface area contributed by atoms with Gasteiger partial charge in [0.05, 0.1) is 27.0 Å². The number of para-hydroxylation sites is 3. The summed E-state index contributed by atoms with van der Waals surface area (Å²) < 4.78 is 4.20. The highest BCUT2D eigenvalue weighted by Crippen LogP contribution is 2.41. The van der Waals surface area contributed by atoms with Crippen molar-refractivity contribution in [2.24, 2.45) is 0 Å². The molecule has 7 rings (SSSR count). The summed E-state index contributed by atoms with van der Waals surface area (Å²) in [5.74, 6) is 0. The van der Waals surface area contributed by atoms with Crippen LogP contribution in [-0.4, -0.2) is 24.1 Å². The first-order valence-electron chi connectivity index (χ1n) is 11.1. The molecule has 0 unspecified atom stereocenters. The number of imidazole rings is 1. The lowest BCUT2D eigenvalue weighted by molar-refractivity contribution is 0.901. The second kappa shape index (κ2) is 7.37. The van der Waals surface area contributed by atoms with Gasteiger partial charge in [0, 0.05) is 23.0 Å². The minimum Gasteiger partial charge on any atom is -0.287 e. The van der Waals surface area contributed by atoms with E-state index in [0.717, 1.165) is 49.5 Å². The molecular weight excluding hydrogens is 438 g/mol. The molecule has 0 N–H and O–H groups in total. The van der Waals surface area contributed by atoms with Crippen molar-refractivity contribution in [2.75, 3.05) is 0 Å². The largest absolute Gasteiger partial charge is 0.287 e. The van der Waals surface area contributed by atoms with E-state index in [4.69, 9.17) is 15.1 Å². The zero-order chi connectivity index (χ0) is 22.6. The molecular formula is C28H19N5S. The van der Waals surface area contributed by atoms with Crippen LogP contribution in [0.15, 0.2) is 97.2 Å². The molecule has 0 saturated heterocycles. The fourth-order valence-electron chi connectivity index (χ4n) is 4.69. The third-order valence-electron chi connectivity index (χ3n) is 6.25. The maximum Gasteiger partial charge on any atom is 0.195 e. The molecule has 162 valence electrons. The van der Waals surface area contributed by atoms with E-state index in [-0.39, 0.29) is 0 Å². The Morgan fingerprint density at radius 1 is 0.794 bits per heavy atom. The number of hydrogen-bond donors (Lipinski definition) is 0. The summed E-state index contributed by atoms with van der Waals surface area (Å²) in [5, 5.41) is 6.12. The van der Waals surface area contributed by atoms with Crippen molar-refractivity contribution in [2.45, 2.75) is 6.92 Å². The number of benzene rings is 3. The van der Waals surface area contributed by atoms with Gasteiger partial charge in [0.25, 0.3) is 0 Å². The van der Waals surface area contributed by atoms with Gasteiger partial charge in [-0.05, 0) is 37.3 Å². The van der Waals surface area contributed by atoms with Gasteiger partial charge in [-0.1, -0.05) is 72.0 Å². The molecule has 7 aromatic rings. The fraction of sp³-hybridized carbons (Fsp3) is 0.0357. The van der Waals surface area contributed by atoms with E-state index >= 15 is 0 Å². The summed E-state index contributed by atoms with van der Waals surface area (Å²) in [6.45, 7) is 2.17. The lowest BCUT2D eigenvalue weighted by Crippen LogP contribution is -1.97. The molecule has 0 saturated carbocycles. The average Bonchev–Trinajstić information content (AvgIpc) is 3.56. The van der Waals surface area contributed by atoms with E-state index in [1.165, 1.54) is 10.6 Å². The van der Waals surface area contributed by atoms with Crippen LogP contribution in [0.2, 0.25) is 0 Å². The van der Waals surface area contributed by atoms with Crippen LogP contribution in [-0.2, 0) is 0 Å². The van der Waals surface area contributed by atoms with Crippen LogP contribution in [0.25, 0.3) is 54.4 Å². The lowest BCUT2D eigenvalue weighted by atomic mass is 10.0. The number of pyridine rings is 1. The first-order chi connectivity index (χ1) is 16.8. The van der Waals surface area contributed by atoms with Crippen LogP contribution >= 0.6 is 11.3 Å². The molecule has 4 heterocycles. The monoisotopic (exact) mass is 457 g/mol. The van der Waals surface area contributed by atoms with E-state index in [1.54, 1.807) is 11.3 Å². The van der Waals surface area contributed by atoms with Crippen molar-refractivity contribution in [3.05, 3.63) is 103 Å². The lowest BCUT2D eigenvalue weighted by Gasteiger charge is -2.05. The number of fused-ring (bicyclic) bond motifs is 4. The topological polar surface area (TPSA) is 48.0 Å². The summed E-state index contributed by atoms with van der Waals surface area (Å²) in [6, 6.07) is 30.9. The smallest absolute Gasteiger partial charge is 0.195 e. The third-order valence-corrected chi connectivity index (χ3v) is 7.42. The van der Waals surface area contributed by atoms with E-state index in [2.05, 4.69) is 72.0 Å². The molecule has 0 atom stereocenters. The maximum absolute atomic E-state index is 5.07. The first kappa shape index (κ1) is 19.2. The second-order valence-corrected chi connectivity index (χ2v) is 9.23. The SMILES string of the molecule is Cc1c(-c2ccnc3c2c(-c2ccccc2)nn3-c2ccccc2)sc2nc3ccccc3n12. The van der Waals surface area contributed by atoms with Crippen molar-refractivity contribution in [1.82, 2.24) is 24.1 Å². The van der Waals surface area contributed by atoms with Gasteiger partial charge in [-0.3, -0.25) is 4.40 Å². The van der Waals surface area contributed by atoms with Gasteiger partial charge in [-0.2, -0.15) is 5.10 Å². The van der Waals surface area contributed by atoms with Crippen LogP contribution in [0.5, 0.6) is 0 Å². The molecule has 0 amide bonds. The average molecular weight is 458 g/mol. The van der Waals surface area contributed by atoms with E-state index < -0.39 is 0 Å². The molecule has 0 aliphatic carbocycles. The zero-order valence-corrected chi connectivity index (χ0v) is 19.2. The van der Waals surface area contributed by atoms with Crippen molar-refractivity contribution in [3.63, 3.8) is 0 Å². The highest BCUT2D eigenvalue weighted by Gasteiger charge is 2.22. The third kappa shape index (κ3) is 2.75. The van der Waals surface area contributed by atoms with Crippen molar-refractivity contribution < 1.29 is 0 Å². The Morgan fingerprint density at radius 3 is 2.35 bits per heavy atom. The normalized spacial score (nSPS) is 11.7. The Morgan fingerprint density at radius 2 is 1.53 bits per heavy atom. The summed E-state index contributed by atoms with van der Waals surface area (Å²) in [4.78, 5) is 11.9. The highest BCUT2D eigenvalue weighted by molar-refractivity contribution is 7.20. The Hall–Kier alpha value is -4.29. The second-order valence-electron chi connectivity index (χ2n) is 8.25. The molecule has 0 aliphatic heterocycles. The van der Waals surface area contributed by atoms with Crippen LogP contribution in [0, 0.1) is 6.92 Å². The van der Waals surface area contributed by atoms with Crippen molar-refractivity contribution >= 4 is 38.4 Å². The maximum atomic E-state index is 5.07. The molecule has 5 nitrogen and oxygen atoms in total. The van der Waals surface area contributed by atoms with Crippen molar-refractivity contribution in [1.29, 1.82) is 0 Å². The molecule has 0 fully saturated rings. The molecule has 4 aromatic heterocycles. The minimum absolute atomic E-state index is 0.845. The Balaban J connectivity index is 1.57. The Labute approximate surface area is 199 Å². The Bertz CT molecular complexity index is 1810.